The van der Waals surface area contributed by atoms with Crippen molar-refractivity contribution in [3.05, 3.63) is 69.8 Å². The Morgan fingerprint density at radius 3 is 2.09 bits per heavy atom. The summed E-state index contributed by atoms with van der Waals surface area (Å²) in [5.41, 5.74) is 3.89. The normalized spacial score (nSPS) is 15.6. The van der Waals surface area contributed by atoms with Crippen LogP contribution in [-0.4, -0.2) is 24.1 Å². The van der Waals surface area contributed by atoms with Crippen molar-refractivity contribution in [2.45, 2.75) is 44.4 Å². The van der Waals surface area contributed by atoms with Crippen molar-refractivity contribution in [2.24, 2.45) is 5.73 Å². The van der Waals surface area contributed by atoms with Crippen LogP contribution in [0.1, 0.15) is 45.8 Å². The molecule has 0 radical (unpaired) electrons. The van der Waals surface area contributed by atoms with Crippen LogP contribution in [0.5, 0.6) is 0 Å². The van der Waals surface area contributed by atoms with Gasteiger partial charge in [0.15, 0.2) is 0 Å². The first-order valence-corrected chi connectivity index (χ1v) is 9.97. The molecule has 0 aromatic heterocycles. The fourth-order valence-corrected chi connectivity index (χ4v) is 3.75. The number of carbonyl (C=O) groups is 2. The van der Waals surface area contributed by atoms with E-state index in [4.69, 9.17) is 15.2 Å². The van der Waals surface area contributed by atoms with E-state index in [0.717, 1.165) is 11.1 Å². The molecule has 1 aliphatic rings. The molecule has 0 heterocycles. The first-order chi connectivity index (χ1) is 15.8. The molecule has 6 nitrogen and oxygen atoms in total. The highest BCUT2D eigenvalue weighted by Gasteiger charge is 2.37. The third-order valence-electron chi connectivity index (χ3n) is 5.40. The minimum atomic E-state index is -5.00. The molecule has 184 valence electrons. The summed E-state index contributed by atoms with van der Waals surface area (Å²) in [7, 11) is 1.42. The number of halogens is 6. The Balaban J connectivity index is 1.73. The summed E-state index contributed by atoms with van der Waals surface area (Å²) in [5, 5.41) is 0. The second-order valence-electron chi connectivity index (χ2n) is 7.77. The zero-order valence-electron chi connectivity index (χ0n) is 17.8. The Morgan fingerprint density at radius 1 is 0.941 bits per heavy atom. The number of ether oxygens (including phenoxy) is 2. The molecular formula is C22H20F6N2O4. The Morgan fingerprint density at radius 2 is 1.53 bits per heavy atom. The van der Waals surface area contributed by atoms with Gasteiger partial charge < -0.3 is 20.1 Å². The number of carbonyl (C=O) groups excluding carboxylic acids is 2. The quantitative estimate of drug-likeness (QED) is 0.556. The first-order valence-electron chi connectivity index (χ1n) is 9.97. The predicted octanol–water partition coefficient (Wildman–Crippen LogP) is 5.58. The number of aryl methyl sites for hydroxylation is 1. The lowest BCUT2D eigenvalue weighted by atomic mass is 10.0. The topological polar surface area (TPSA) is 81.9 Å². The zero-order valence-corrected chi connectivity index (χ0v) is 17.8. The van der Waals surface area contributed by atoms with Gasteiger partial charge in [-0.25, -0.2) is 9.59 Å². The third-order valence-corrected chi connectivity index (χ3v) is 5.40. The van der Waals surface area contributed by atoms with Crippen LogP contribution in [0.25, 0.3) is 0 Å². The van der Waals surface area contributed by atoms with E-state index in [0.29, 0.717) is 30.5 Å². The van der Waals surface area contributed by atoms with Gasteiger partial charge in [-0.3, -0.25) is 0 Å². The number of hydrogen-bond acceptors (Lipinski definition) is 4. The van der Waals surface area contributed by atoms with Gasteiger partial charge in [0, 0.05) is 7.05 Å². The molecule has 2 aromatic carbocycles. The molecular weight excluding hydrogens is 470 g/mol. The largest absolute Gasteiger partial charge is 0.445 e. The fourth-order valence-electron chi connectivity index (χ4n) is 3.75. The van der Waals surface area contributed by atoms with Crippen molar-refractivity contribution in [1.29, 1.82) is 0 Å². The highest BCUT2D eigenvalue weighted by molar-refractivity contribution is 5.68. The van der Waals surface area contributed by atoms with Gasteiger partial charge in [0.05, 0.1) is 17.2 Å². The van der Waals surface area contributed by atoms with Crippen molar-refractivity contribution < 1.29 is 45.4 Å². The van der Waals surface area contributed by atoms with Gasteiger partial charge >= 0.3 is 24.5 Å². The maximum atomic E-state index is 13.0. The number of fused-ring (bicyclic) bond motifs is 1. The number of benzene rings is 2. The van der Waals surface area contributed by atoms with Gasteiger partial charge in [-0.2, -0.15) is 26.3 Å². The number of nitrogens with two attached hydrogens (primary N) is 1. The van der Waals surface area contributed by atoms with Crippen LogP contribution < -0.4 is 5.73 Å². The van der Waals surface area contributed by atoms with Crippen molar-refractivity contribution in [1.82, 2.24) is 4.90 Å². The Bertz CT molecular complexity index is 1050. The van der Waals surface area contributed by atoms with Crippen LogP contribution in [0.15, 0.2) is 36.4 Å². The molecule has 0 spiro atoms. The lowest BCUT2D eigenvalue weighted by Gasteiger charge is -2.25. The summed E-state index contributed by atoms with van der Waals surface area (Å²) in [4.78, 5) is 24.6. The molecule has 0 saturated heterocycles. The monoisotopic (exact) mass is 490 g/mol. The summed E-state index contributed by atoms with van der Waals surface area (Å²) in [6.07, 6.45) is -10.7. The van der Waals surface area contributed by atoms with E-state index < -0.39 is 53.9 Å². The average molecular weight is 490 g/mol. The van der Waals surface area contributed by atoms with Crippen LogP contribution in [0, 0.1) is 0 Å². The maximum absolute atomic E-state index is 13.0. The van der Waals surface area contributed by atoms with Crippen molar-refractivity contribution >= 4 is 12.2 Å². The van der Waals surface area contributed by atoms with E-state index in [1.54, 1.807) is 12.1 Å². The van der Waals surface area contributed by atoms with Crippen molar-refractivity contribution in [3.8, 4) is 0 Å². The molecule has 34 heavy (non-hydrogen) atoms. The van der Waals surface area contributed by atoms with Crippen molar-refractivity contribution in [3.63, 3.8) is 0 Å². The molecule has 0 aliphatic heterocycles. The number of amides is 2. The van der Waals surface area contributed by atoms with E-state index >= 15 is 0 Å². The lowest BCUT2D eigenvalue weighted by molar-refractivity contribution is -0.143. The van der Waals surface area contributed by atoms with E-state index in [9.17, 15) is 35.9 Å². The number of primary amides is 1. The van der Waals surface area contributed by atoms with E-state index in [2.05, 4.69) is 0 Å². The summed E-state index contributed by atoms with van der Waals surface area (Å²) in [6, 6.07) is 5.89. The van der Waals surface area contributed by atoms with Crippen LogP contribution >= 0.6 is 0 Å². The summed E-state index contributed by atoms with van der Waals surface area (Å²) < 4.78 is 87.9. The number of alkyl halides is 6. The van der Waals surface area contributed by atoms with Gasteiger partial charge in [0.2, 0.25) is 0 Å². The second-order valence-corrected chi connectivity index (χ2v) is 7.77. The molecule has 3 rings (SSSR count). The predicted molar refractivity (Wildman–Crippen MR) is 106 cm³/mol. The smallest absolute Gasteiger partial charge is 0.416 e. The highest BCUT2D eigenvalue weighted by atomic mass is 19.4. The molecule has 12 heteroatoms. The third kappa shape index (κ3) is 5.91. The number of nitrogens with zero attached hydrogens (tertiary/aromatic N) is 1. The molecule has 0 saturated carbocycles. The van der Waals surface area contributed by atoms with Gasteiger partial charge in [-0.05, 0) is 53.3 Å². The molecule has 2 N–H and O–H groups in total. The Kier molecular flexibility index (Phi) is 6.99. The van der Waals surface area contributed by atoms with Crippen molar-refractivity contribution in [2.75, 3.05) is 7.05 Å². The average Bonchev–Trinajstić information content (AvgIpc) is 3.17. The minimum Gasteiger partial charge on any atom is -0.445 e. The highest BCUT2D eigenvalue weighted by Crippen LogP contribution is 2.38. The summed E-state index contributed by atoms with van der Waals surface area (Å²) in [6.45, 7) is -0.844. The van der Waals surface area contributed by atoms with Gasteiger partial charge in [-0.1, -0.05) is 18.2 Å². The van der Waals surface area contributed by atoms with Crippen LogP contribution in [-0.2, 0) is 41.5 Å². The molecule has 1 unspecified atom stereocenters. The maximum Gasteiger partial charge on any atom is 0.416 e. The molecule has 2 amide bonds. The summed E-state index contributed by atoms with van der Waals surface area (Å²) >= 11 is 0. The van der Waals surface area contributed by atoms with Gasteiger partial charge in [0.1, 0.15) is 13.2 Å². The second kappa shape index (κ2) is 9.43. The molecule has 1 atom stereocenters. The molecule has 0 bridgehead atoms. The SMILES string of the molecule is CN(C(=O)OCc1cc(C(F)(F)F)cc(C(F)(F)F)c1)C1CCc2ccc(COC(N)=O)cc21. The number of rotatable bonds is 5. The Labute approximate surface area is 190 Å². The van der Waals surface area contributed by atoms with Crippen LogP contribution in [0.4, 0.5) is 35.9 Å². The van der Waals surface area contributed by atoms with E-state index in [1.807, 2.05) is 6.07 Å². The summed E-state index contributed by atoms with van der Waals surface area (Å²) in [5.74, 6) is 0. The van der Waals surface area contributed by atoms with Crippen LogP contribution in [0.2, 0.25) is 0 Å². The number of hydrogen-bond donors (Lipinski definition) is 1. The zero-order chi connectivity index (χ0) is 25.3. The van der Waals surface area contributed by atoms with Crippen LogP contribution in [0.3, 0.4) is 0 Å². The molecule has 2 aromatic rings. The van der Waals surface area contributed by atoms with Gasteiger partial charge in [0.25, 0.3) is 0 Å². The minimum absolute atomic E-state index is 0.00639. The lowest BCUT2D eigenvalue weighted by Crippen LogP contribution is -2.30. The first kappa shape index (κ1) is 25.2. The fraction of sp³-hybridized carbons (Fsp3) is 0.364. The van der Waals surface area contributed by atoms with E-state index in [1.165, 1.54) is 11.9 Å². The Hall–Kier alpha value is -3.44. The van der Waals surface area contributed by atoms with E-state index in [-0.39, 0.29) is 12.7 Å². The molecule has 0 fully saturated rings. The molecule has 1 aliphatic carbocycles. The van der Waals surface area contributed by atoms with Gasteiger partial charge in [-0.15, -0.1) is 0 Å². The standard InChI is InChI=1S/C22H20F6N2O4/c1-30(18-5-4-14-3-2-12(8-17(14)18)10-33-19(29)31)20(32)34-11-13-6-15(21(23,24)25)9-16(7-13)22(26,27)28/h2-3,6-9,18H,4-5,10-11H2,1H3,(H2,29,31).